The Bertz CT molecular complexity index is 764. The van der Waals surface area contributed by atoms with Crippen molar-refractivity contribution in [3.05, 3.63) is 24.0 Å². The van der Waals surface area contributed by atoms with E-state index in [1.807, 2.05) is 24.2 Å². The second-order valence-electron chi connectivity index (χ2n) is 6.45. The predicted octanol–water partition coefficient (Wildman–Crippen LogP) is 3.15. The summed E-state index contributed by atoms with van der Waals surface area (Å²) in [6.45, 7) is 5.46. The Kier molecular flexibility index (Phi) is 3.70. The lowest BCUT2D eigenvalue weighted by atomic mass is 9.87. The van der Waals surface area contributed by atoms with E-state index < -0.39 is 0 Å². The van der Waals surface area contributed by atoms with Crippen LogP contribution < -0.4 is 4.90 Å². The van der Waals surface area contributed by atoms with Crippen molar-refractivity contribution in [2.45, 2.75) is 31.7 Å². The number of aromatic nitrogens is 2. The van der Waals surface area contributed by atoms with Crippen molar-refractivity contribution in [2.24, 2.45) is 0 Å². The van der Waals surface area contributed by atoms with E-state index in [1.54, 1.807) is 6.20 Å². The molecule has 1 N–H and O–H groups in total. The molecule has 6 heteroatoms. The largest absolute Gasteiger partial charge is 0.368 e. The van der Waals surface area contributed by atoms with Crippen molar-refractivity contribution in [3.63, 3.8) is 0 Å². The summed E-state index contributed by atoms with van der Waals surface area (Å²) in [7, 11) is 0. The second-order valence-corrected chi connectivity index (χ2v) is 7.56. The number of fused-ring (bicyclic) bond motifs is 1. The van der Waals surface area contributed by atoms with Crippen LogP contribution in [-0.4, -0.2) is 45.2 Å². The molecule has 2 aromatic heterocycles. The van der Waals surface area contributed by atoms with Gasteiger partial charge in [0.25, 0.3) is 0 Å². The molecular formula is C17H21N5S. The highest BCUT2D eigenvalue weighted by atomic mass is 32.2. The number of aromatic amines is 1. The zero-order valence-electron chi connectivity index (χ0n) is 13.4. The lowest BCUT2D eigenvalue weighted by molar-refractivity contribution is 0.107. The Morgan fingerprint density at radius 2 is 2.30 bits per heavy atom. The fourth-order valence-electron chi connectivity index (χ4n) is 3.79. The van der Waals surface area contributed by atoms with Crippen molar-refractivity contribution in [1.29, 1.82) is 5.26 Å². The Hall–Kier alpha value is -1.71. The van der Waals surface area contributed by atoms with Crippen LogP contribution in [0, 0.1) is 11.3 Å². The van der Waals surface area contributed by atoms with Gasteiger partial charge in [-0.1, -0.05) is 18.9 Å². The molecule has 23 heavy (non-hydrogen) atoms. The van der Waals surface area contributed by atoms with Crippen molar-refractivity contribution in [3.8, 4) is 6.07 Å². The molecule has 0 amide bonds. The Labute approximate surface area is 140 Å². The molecule has 0 aromatic carbocycles. The van der Waals surface area contributed by atoms with Crippen LogP contribution in [0.15, 0.2) is 18.5 Å². The maximum Gasteiger partial charge on any atom is 0.139 e. The molecule has 0 radical (unpaired) electrons. The molecule has 1 atom stereocenters. The first-order valence-electron chi connectivity index (χ1n) is 8.29. The number of nitrogens with zero attached hydrogens (tertiary/aromatic N) is 4. The molecule has 0 aliphatic carbocycles. The summed E-state index contributed by atoms with van der Waals surface area (Å²) in [6.07, 6.45) is 7.27. The predicted molar refractivity (Wildman–Crippen MR) is 94.4 cm³/mol. The number of H-pyrrole nitrogens is 1. The maximum atomic E-state index is 9.50. The minimum Gasteiger partial charge on any atom is -0.368 e. The van der Waals surface area contributed by atoms with Crippen LogP contribution >= 0.6 is 11.9 Å². The van der Waals surface area contributed by atoms with Crippen LogP contribution in [-0.2, 0) is 0 Å². The number of anilines is 1. The molecule has 4 heterocycles. The molecular weight excluding hydrogens is 306 g/mol. The van der Waals surface area contributed by atoms with Gasteiger partial charge in [-0.2, -0.15) is 5.26 Å². The van der Waals surface area contributed by atoms with Crippen LogP contribution in [0.25, 0.3) is 11.0 Å². The number of pyridine rings is 1. The van der Waals surface area contributed by atoms with Crippen LogP contribution in [0.4, 0.5) is 5.69 Å². The molecule has 0 saturated carbocycles. The van der Waals surface area contributed by atoms with E-state index >= 15 is 0 Å². The SMILES string of the molecule is CCCSN1CCC12CCN(c1c(C#N)cnc3[nH]ccc13)C2. The number of rotatable bonds is 4. The van der Waals surface area contributed by atoms with Crippen molar-refractivity contribution in [2.75, 3.05) is 30.3 Å². The Balaban J connectivity index is 1.63. The monoisotopic (exact) mass is 327 g/mol. The van der Waals surface area contributed by atoms with Crippen LogP contribution in [0.1, 0.15) is 31.7 Å². The van der Waals surface area contributed by atoms with E-state index in [0.717, 1.165) is 29.8 Å². The number of hydrogen-bond acceptors (Lipinski definition) is 5. The van der Waals surface area contributed by atoms with Gasteiger partial charge in [-0.3, -0.25) is 0 Å². The Morgan fingerprint density at radius 1 is 1.43 bits per heavy atom. The van der Waals surface area contributed by atoms with E-state index in [1.165, 1.54) is 31.6 Å². The average Bonchev–Trinajstić information content (AvgIpc) is 3.21. The van der Waals surface area contributed by atoms with Crippen LogP contribution in [0.3, 0.4) is 0 Å². The Morgan fingerprint density at radius 3 is 3.04 bits per heavy atom. The summed E-state index contributed by atoms with van der Waals surface area (Å²) in [4.78, 5) is 9.91. The van der Waals surface area contributed by atoms with Gasteiger partial charge in [0, 0.05) is 43.2 Å². The van der Waals surface area contributed by atoms with Gasteiger partial charge in [-0.15, -0.1) is 0 Å². The van der Waals surface area contributed by atoms with Gasteiger partial charge in [0.1, 0.15) is 11.7 Å². The fourth-order valence-corrected chi connectivity index (χ4v) is 4.93. The van der Waals surface area contributed by atoms with Crippen LogP contribution in [0.5, 0.6) is 0 Å². The van der Waals surface area contributed by atoms with Gasteiger partial charge in [0.15, 0.2) is 0 Å². The third kappa shape index (κ3) is 2.30. The highest BCUT2D eigenvalue weighted by molar-refractivity contribution is 7.97. The first-order chi connectivity index (χ1) is 11.3. The van der Waals surface area contributed by atoms with Crippen molar-refractivity contribution >= 4 is 28.7 Å². The quantitative estimate of drug-likeness (QED) is 0.874. The van der Waals surface area contributed by atoms with E-state index in [0.29, 0.717) is 11.1 Å². The summed E-state index contributed by atoms with van der Waals surface area (Å²) >= 11 is 1.99. The third-order valence-corrected chi connectivity index (χ3v) is 6.56. The standard InChI is InChI=1S/C17H21N5S/c1-2-9-23-22-8-5-17(22)4-7-21(12-17)15-13(10-18)11-20-16-14(15)3-6-19-16/h3,6,11H,2,4-5,7-9,12H2,1H3,(H,19,20). The molecule has 2 aliphatic heterocycles. The van der Waals surface area contributed by atoms with Gasteiger partial charge in [0.05, 0.1) is 16.8 Å². The zero-order chi connectivity index (χ0) is 15.9. The molecule has 1 spiro atoms. The molecule has 2 aliphatic rings. The number of nitriles is 1. The summed E-state index contributed by atoms with van der Waals surface area (Å²) in [6, 6.07) is 4.36. The molecule has 1 unspecified atom stereocenters. The highest BCUT2D eigenvalue weighted by Gasteiger charge is 2.50. The van der Waals surface area contributed by atoms with Crippen molar-refractivity contribution < 1.29 is 0 Å². The molecule has 5 nitrogen and oxygen atoms in total. The summed E-state index contributed by atoms with van der Waals surface area (Å²) < 4.78 is 2.58. The van der Waals surface area contributed by atoms with Gasteiger partial charge < -0.3 is 9.88 Å². The lowest BCUT2D eigenvalue weighted by Crippen LogP contribution is -2.57. The van der Waals surface area contributed by atoms with E-state index in [4.69, 9.17) is 0 Å². The minimum atomic E-state index is 0.304. The normalized spacial score (nSPS) is 24.3. The lowest BCUT2D eigenvalue weighted by Gasteiger charge is -2.49. The molecule has 2 saturated heterocycles. The molecule has 120 valence electrons. The topological polar surface area (TPSA) is 58.9 Å². The first kappa shape index (κ1) is 14.9. The zero-order valence-corrected chi connectivity index (χ0v) is 14.2. The minimum absolute atomic E-state index is 0.304. The number of hydrogen-bond donors (Lipinski definition) is 1. The first-order valence-corrected chi connectivity index (χ1v) is 9.23. The molecule has 2 fully saturated rings. The molecule has 2 aromatic rings. The summed E-state index contributed by atoms with van der Waals surface area (Å²) in [5.74, 6) is 1.20. The third-order valence-electron chi connectivity index (χ3n) is 5.09. The van der Waals surface area contributed by atoms with E-state index in [2.05, 4.69) is 32.2 Å². The maximum absolute atomic E-state index is 9.50. The summed E-state index contributed by atoms with van der Waals surface area (Å²) in [5.41, 5.74) is 2.91. The van der Waals surface area contributed by atoms with E-state index in [9.17, 15) is 5.26 Å². The average molecular weight is 327 g/mol. The summed E-state index contributed by atoms with van der Waals surface area (Å²) in [5, 5.41) is 10.6. The van der Waals surface area contributed by atoms with Gasteiger partial charge in [0.2, 0.25) is 0 Å². The van der Waals surface area contributed by atoms with E-state index in [-0.39, 0.29) is 0 Å². The number of nitrogens with one attached hydrogen (secondary N) is 1. The molecule has 0 bridgehead atoms. The molecule has 4 rings (SSSR count). The van der Waals surface area contributed by atoms with Gasteiger partial charge in [-0.25, -0.2) is 9.29 Å². The fraction of sp³-hybridized carbons (Fsp3) is 0.529. The van der Waals surface area contributed by atoms with Gasteiger partial charge in [-0.05, 0) is 25.3 Å². The smallest absolute Gasteiger partial charge is 0.139 e. The van der Waals surface area contributed by atoms with Crippen LogP contribution in [0.2, 0.25) is 0 Å². The van der Waals surface area contributed by atoms with Crippen molar-refractivity contribution in [1.82, 2.24) is 14.3 Å². The second kappa shape index (κ2) is 5.73. The highest BCUT2D eigenvalue weighted by Crippen LogP contribution is 2.45. The van der Waals surface area contributed by atoms with Gasteiger partial charge >= 0.3 is 0 Å².